The van der Waals surface area contributed by atoms with Gasteiger partial charge in [-0.25, -0.2) is 4.90 Å². The van der Waals surface area contributed by atoms with Crippen molar-refractivity contribution in [3.8, 4) is 5.75 Å². The number of hydrogen-bond acceptors (Lipinski definition) is 3. The van der Waals surface area contributed by atoms with Crippen LogP contribution in [0, 0.1) is 30.1 Å². The maximum Gasteiger partial charge on any atom is 0.241 e. The number of para-hydroxylation sites is 1. The first-order valence-electron chi connectivity index (χ1n) is 7.08. The molecule has 2 bridgehead atoms. The molecule has 4 heteroatoms. The van der Waals surface area contributed by atoms with Crippen molar-refractivity contribution in [2.24, 2.45) is 23.2 Å². The Bertz CT molecular complexity index is 653. The molecule has 2 heterocycles. The van der Waals surface area contributed by atoms with E-state index in [-0.39, 0.29) is 29.6 Å². The van der Waals surface area contributed by atoms with Crippen LogP contribution in [0.15, 0.2) is 18.2 Å². The summed E-state index contributed by atoms with van der Waals surface area (Å²) in [6, 6.07) is 5.65. The van der Waals surface area contributed by atoms with Gasteiger partial charge in [0.1, 0.15) is 5.75 Å². The first-order chi connectivity index (χ1) is 9.48. The monoisotopic (exact) mass is 271 g/mol. The summed E-state index contributed by atoms with van der Waals surface area (Å²) in [7, 11) is 0. The predicted octanol–water partition coefficient (Wildman–Crippen LogP) is 2.15. The van der Waals surface area contributed by atoms with Gasteiger partial charge < -0.3 is 4.74 Å². The molecule has 1 saturated carbocycles. The van der Waals surface area contributed by atoms with E-state index in [0.29, 0.717) is 18.0 Å². The summed E-state index contributed by atoms with van der Waals surface area (Å²) in [5.74, 6) is 0.693. The van der Waals surface area contributed by atoms with Gasteiger partial charge in [-0.05, 0) is 31.4 Å². The molecule has 2 fully saturated rings. The van der Waals surface area contributed by atoms with Crippen molar-refractivity contribution < 1.29 is 14.3 Å². The molecule has 2 amide bonds. The zero-order chi connectivity index (χ0) is 14.2. The number of carbonyl (C=O) groups is 2. The van der Waals surface area contributed by atoms with Crippen molar-refractivity contribution in [1.82, 2.24) is 0 Å². The molecule has 1 aliphatic carbocycles. The lowest BCUT2D eigenvalue weighted by atomic mass is 9.49. The van der Waals surface area contributed by atoms with Crippen molar-refractivity contribution in [2.75, 3.05) is 11.5 Å². The van der Waals surface area contributed by atoms with Gasteiger partial charge in [0.25, 0.3) is 0 Å². The molecule has 2 aliphatic heterocycles. The second-order valence-corrected chi connectivity index (χ2v) is 6.44. The summed E-state index contributed by atoms with van der Waals surface area (Å²) in [5.41, 5.74) is 0.972. The number of amides is 2. The highest BCUT2D eigenvalue weighted by Crippen LogP contribution is 2.63. The zero-order valence-electron chi connectivity index (χ0n) is 11.8. The fraction of sp³-hybridized carbons (Fsp3) is 0.500. The van der Waals surface area contributed by atoms with Gasteiger partial charge in [-0.2, -0.15) is 0 Å². The molecule has 3 aliphatic rings. The number of carbonyl (C=O) groups excluding carboxylic acids is 2. The number of imide groups is 1. The van der Waals surface area contributed by atoms with Crippen molar-refractivity contribution in [2.45, 2.75) is 20.8 Å². The number of nitrogens with zero attached hydrogens (tertiary/aromatic N) is 1. The first-order valence-corrected chi connectivity index (χ1v) is 7.08. The maximum atomic E-state index is 12.8. The summed E-state index contributed by atoms with van der Waals surface area (Å²) in [6.45, 7) is 6.40. The normalized spacial score (nSPS) is 37.8. The average molecular weight is 271 g/mol. The standard InChI is InChI=1S/C16H17NO3/c1-8-5-4-6-11-13(8)17-14(18)12-9(2)10(7-20-11)16(12,3)15(17)19/h4-6,9-10,12H,7H2,1-3H3/t9-,10+,12+,16+/m0/s1. The lowest BCUT2D eigenvalue weighted by Crippen LogP contribution is -2.58. The van der Waals surface area contributed by atoms with Gasteiger partial charge in [0, 0.05) is 5.92 Å². The second-order valence-electron chi connectivity index (χ2n) is 6.44. The SMILES string of the molecule is Cc1cccc2c1N1C(=O)[C@H]3[C@@H](C)[C@@H](CO2)[C@@]3(C)C1=O. The number of fused-ring (bicyclic) bond motifs is 3. The molecule has 1 saturated heterocycles. The van der Waals surface area contributed by atoms with Gasteiger partial charge in [0.05, 0.1) is 23.6 Å². The summed E-state index contributed by atoms with van der Waals surface area (Å²) >= 11 is 0. The quantitative estimate of drug-likeness (QED) is 0.679. The Morgan fingerprint density at radius 3 is 2.85 bits per heavy atom. The lowest BCUT2D eigenvalue weighted by molar-refractivity contribution is -0.156. The van der Waals surface area contributed by atoms with E-state index in [0.717, 1.165) is 5.56 Å². The highest BCUT2D eigenvalue weighted by molar-refractivity contribution is 6.25. The van der Waals surface area contributed by atoms with Crippen LogP contribution in [0.5, 0.6) is 5.75 Å². The molecule has 4 rings (SSSR count). The van der Waals surface area contributed by atoms with E-state index < -0.39 is 5.41 Å². The van der Waals surface area contributed by atoms with Gasteiger partial charge in [-0.3, -0.25) is 9.59 Å². The molecule has 0 spiro atoms. The Balaban J connectivity index is 1.98. The van der Waals surface area contributed by atoms with Crippen molar-refractivity contribution in [3.63, 3.8) is 0 Å². The summed E-state index contributed by atoms with van der Waals surface area (Å²) in [5, 5.41) is 0. The zero-order valence-corrected chi connectivity index (χ0v) is 11.8. The van der Waals surface area contributed by atoms with Gasteiger partial charge in [-0.1, -0.05) is 19.1 Å². The lowest BCUT2D eigenvalue weighted by Gasteiger charge is -2.51. The van der Waals surface area contributed by atoms with Crippen LogP contribution in [-0.4, -0.2) is 18.4 Å². The number of ether oxygens (including phenoxy) is 1. The molecule has 4 nitrogen and oxygen atoms in total. The van der Waals surface area contributed by atoms with Crippen molar-refractivity contribution in [3.05, 3.63) is 23.8 Å². The molecule has 0 radical (unpaired) electrons. The van der Waals surface area contributed by atoms with E-state index in [1.54, 1.807) is 0 Å². The topological polar surface area (TPSA) is 46.6 Å². The van der Waals surface area contributed by atoms with Crippen LogP contribution >= 0.6 is 0 Å². The molecule has 104 valence electrons. The fourth-order valence-electron chi connectivity index (χ4n) is 4.44. The molecular formula is C16H17NO3. The Morgan fingerprint density at radius 2 is 2.10 bits per heavy atom. The summed E-state index contributed by atoms with van der Waals surface area (Å²) in [6.07, 6.45) is 0. The Hall–Kier alpha value is -1.84. The van der Waals surface area contributed by atoms with Crippen LogP contribution in [0.4, 0.5) is 5.69 Å². The van der Waals surface area contributed by atoms with E-state index >= 15 is 0 Å². The predicted molar refractivity (Wildman–Crippen MR) is 73.4 cm³/mol. The van der Waals surface area contributed by atoms with Gasteiger partial charge in [0.2, 0.25) is 11.8 Å². The second kappa shape index (κ2) is 3.43. The number of rotatable bonds is 0. The van der Waals surface area contributed by atoms with E-state index in [9.17, 15) is 9.59 Å². The maximum absolute atomic E-state index is 12.8. The van der Waals surface area contributed by atoms with E-state index in [2.05, 4.69) is 6.92 Å². The third kappa shape index (κ3) is 1.06. The summed E-state index contributed by atoms with van der Waals surface area (Å²) in [4.78, 5) is 26.9. The van der Waals surface area contributed by atoms with Crippen LogP contribution in [-0.2, 0) is 9.59 Å². The van der Waals surface area contributed by atoms with Crippen LogP contribution in [0.3, 0.4) is 0 Å². The first kappa shape index (κ1) is 11.9. The van der Waals surface area contributed by atoms with Crippen LogP contribution in [0.25, 0.3) is 0 Å². The van der Waals surface area contributed by atoms with Gasteiger partial charge in [0.15, 0.2) is 0 Å². The third-order valence-electron chi connectivity index (χ3n) is 5.57. The highest BCUT2D eigenvalue weighted by atomic mass is 16.5. The van der Waals surface area contributed by atoms with Crippen LogP contribution in [0.2, 0.25) is 0 Å². The van der Waals surface area contributed by atoms with Crippen LogP contribution < -0.4 is 9.64 Å². The smallest absolute Gasteiger partial charge is 0.241 e. The van der Waals surface area contributed by atoms with E-state index in [1.165, 1.54) is 4.90 Å². The number of hydrogen-bond donors (Lipinski definition) is 0. The molecular weight excluding hydrogens is 254 g/mol. The fourth-order valence-corrected chi connectivity index (χ4v) is 4.44. The molecule has 0 N–H and O–H groups in total. The Labute approximate surface area is 117 Å². The van der Waals surface area contributed by atoms with E-state index in [4.69, 9.17) is 4.74 Å². The van der Waals surface area contributed by atoms with Gasteiger partial charge >= 0.3 is 0 Å². The van der Waals surface area contributed by atoms with Crippen LogP contribution in [0.1, 0.15) is 19.4 Å². The van der Waals surface area contributed by atoms with Crippen molar-refractivity contribution >= 4 is 17.5 Å². The third-order valence-corrected chi connectivity index (χ3v) is 5.57. The minimum Gasteiger partial charge on any atom is -0.491 e. The molecule has 4 atom stereocenters. The molecule has 0 aromatic heterocycles. The molecule has 20 heavy (non-hydrogen) atoms. The van der Waals surface area contributed by atoms with Gasteiger partial charge in [-0.15, -0.1) is 0 Å². The largest absolute Gasteiger partial charge is 0.491 e. The molecule has 1 aromatic rings. The number of aryl methyl sites for hydroxylation is 1. The Morgan fingerprint density at radius 1 is 1.35 bits per heavy atom. The minimum atomic E-state index is -0.573. The summed E-state index contributed by atoms with van der Waals surface area (Å²) < 4.78 is 5.93. The highest BCUT2D eigenvalue weighted by Gasteiger charge is 2.72. The molecule has 0 unspecified atom stereocenters. The van der Waals surface area contributed by atoms with E-state index in [1.807, 2.05) is 32.0 Å². The average Bonchev–Trinajstić information content (AvgIpc) is 2.61. The molecule has 1 aromatic carbocycles. The van der Waals surface area contributed by atoms with Crippen molar-refractivity contribution in [1.29, 1.82) is 0 Å². The number of benzene rings is 1. The minimum absolute atomic E-state index is 0.0468. The number of anilines is 1. The Kier molecular flexibility index (Phi) is 2.05.